The summed E-state index contributed by atoms with van der Waals surface area (Å²) >= 11 is 6.48. The van der Waals surface area contributed by atoms with E-state index < -0.39 is 5.60 Å². The molecule has 6 nitrogen and oxygen atoms in total. The van der Waals surface area contributed by atoms with E-state index in [1.165, 1.54) is 32.1 Å². The summed E-state index contributed by atoms with van der Waals surface area (Å²) in [5.41, 5.74) is 0.787. The first-order valence-electron chi connectivity index (χ1n) is 14.1. The van der Waals surface area contributed by atoms with Crippen LogP contribution in [0.4, 0.5) is 4.79 Å². The zero-order valence-electron chi connectivity index (χ0n) is 22.7. The lowest BCUT2D eigenvalue weighted by Crippen LogP contribution is -2.54. The van der Waals surface area contributed by atoms with Gasteiger partial charge in [0.15, 0.2) is 0 Å². The maximum Gasteiger partial charge on any atom is 0.317 e. The van der Waals surface area contributed by atoms with Crippen molar-refractivity contribution in [1.29, 1.82) is 0 Å². The molecule has 2 amide bonds. The van der Waals surface area contributed by atoms with Crippen LogP contribution in [-0.4, -0.2) is 62.5 Å². The van der Waals surface area contributed by atoms with Gasteiger partial charge in [0.1, 0.15) is 0 Å². The molecule has 1 aromatic carbocycles. The fourth-order valence-electron chi connectivity index (χ4n) is 6.36. The third-order valence-corrected chi connectivity index (χ3v) is 8.80. The van der Waals surface area contributed by atoms with Crippen LogP contribution in [0.2, 0.25) is 5.02 Å². The van der Waals surface area contributed by atoms with Gasteiger partial charge in [-0.3, -0.25) is 0 Å². The standard InChI is InChI=1S/C29H48ClN3O3/c1-22-26(14-9-15-27(22)30)29(35,16-7-8-18-36-3)24-13-10-17-33(21-24)28(34)32-25(20-31-2)19-23-11-5-4-6-12-23/h9,14-15,23-25,31,35H,4-8,10-13,16-21H2,1-3H3,(H,32,34)/t24-,25?,29-/m1/s1. The van der Waals surface area contributed by atoms with Crippen LogP contribution in [0, 0.1) is 18.8 Å². The lowest BCUT2D eigenvalue weighted by molar-refractivity contribution is -0.0568. The minimum Gasteiger partial charge on any atom is -0.385 e. The van der Waals surface area contributed by atoms with Gasteiger partial charge in [-0.05, 0) is 75.6 Å². The lowest BCUT2D eigenvalue weighted by atomic mass is 9.73. The maximum atomic E-state index is 13.4. The number of ether oxygens (including phenoxy) is 1. The number of methoxy groups -OCH3 is 1. The molecule has 36 heavy (non-hydrogen) atoms. The van der Waals surface area contributed by atoms with Crippen LogP contribution in [0.5, 0.6) is 0 Å². The molecule has 0 spiro atoms. The Labute approximate surface area is 223 Å². The van der Waals surface area contributed by atoms with Gasteiger partial charge in [0, 0.05) is 50.3 Å². The predicted molar refractivity (Wildman–Crippen MR) is 148 cm³/mol. The molecule has 3 N–H and O–H groups in total. The Hall–Kier alpha value is -1.34. The first-order chi connectivity index (χ1) is 17.4. The number of carbonyl (C=O) groups is 1. The van der Waals surface area contributed by atoms with E-state index in [4.69, 9.17) is 16.3 Å². The minimum atomic E-state index is -1.03. The van der Waals surface area contributed by atoms with E-state index in [0.717, 1.165) is 56.3 Å². The smallest absolute Gasteiger partial charge is 0.317 e. The van der Waals surface area contributed by atoms with E-state index in [1.54, 1.807) is 7.11 Å². The van der Waals surface area contributed by atoms with E-state index in [-0.39, 0.29) is 18.0 Å². The number of amides is 2. The zero-order valence-corrected chi connectivity index (χ0v) is 23.4. The summed E-state index contributed by atoms with van der Waals surface area (Å²) in [6, 6.07) is 5.94. The van der Waals surface area contributed by atoms with E-state index >= 15 is 0 Å². The quantitative estimate of drug-likeness (QED) is 0.311. The monoisotopic (exact) mass is 521 g/mol. The van der Waals surface area contributed by atoms with Crippen molar-refractivity contribution >= 4 is 17.6 Å². The fraction of sp³-hybridized carbons (Fsp3) is 0.759. The van der Waals surface area contributed by atoms with Crippen molar-refractivity contribution in [3.8, 4) is 0 Å². The number of likely N-dealkylation sites (tertiary alicyclic amines) is 1. The van der Waals surface area contributed by atoms with Gasteiger partial charge in [-0.2, -0.15) is 0 Å². The fourth-order valence-corrected chi connectivity index (χ4v) is 6.53. The summed E-state index contributed by atoms with van der Waals surface area (Å²) < 4.78 is 5.24. The van der Waals surface area contributed by atoms with Crippen molar-refractivity contribution in [2.24, 2.45) is 11.8 Å². The average molecular weight is 522 g/mol. The molecular weight excluding hydrogens is 474 g/mol. The SMILES string of the molecule is CNCC(CC1CCCCC1)NC(=O)N1CCC[C@@H]([C@](O)(CCCCOC)c2cccc(Cl)c2C)C1. The minimum absolute atomic E-state index is 0.000286. The van der Waals surface area contributed by atoms with E-state index in [2.05, 4.69) is 10.6 Å². The predicted octanol–water partition coefficient (Wildman–Crippen LogP) is 5.63. The Balaban J connectivity index is 1.72. The Morgan fingerprint density at radius 2 is 2.00 bits per heavy atom. The van der Waals surface area contributed by atoms with Gasteiger partial charge in [0.2, 0.25) is 0 Å². The highest BCUT2D eigenvalue weighted by Gasteiger charge is 2.42. The van der Waals surface area contributed by atoms with Gasteiger partial charge in [-0.25, -0.2) is 4.79 Å². The normalized spacial score (nSPS) is 21.7. The number of nitrogens with zero attached hydrogens (tertiary/aromatic N) is 1. The molecule has 1 aliphatic heterocycles. The average Bonchev–Trinajstić information content (AvgIpc) is 2.89. The summed E-state index contributed by atoms with van der Waals surface area (Å²) in [7, 11) is 3.66. The van der Waals surface area contributed by atoms with Crippen LogP contribution < -0.4 is 10.6 Å². The molecule has 0 bridgehead atoms. The molecule has 204 valence electrons. The number of unbranched alkanes of at least 4 members (excludes halogenated alkanes) is 1. The van der Waals surface area contributed by atoms with Gasteiger partial charge < -0.3 is 25.4 Å². The molecule has 1 aromatic rings. The number of rotatable bonds is 12. The van der Waals surface area contributed by atoms with E-state index in [0.29, 0.717) is 30.5 Å². The van der Waals surface area contributed by atoms with E-state index in [9.17, 15) is 9.90 Å². The Kier molecular flexibility index (Phi) is 11.8. The van der Waals surface area contributed by atoms with Crippen molar-refractivity contribution in [3.05, 3.63) is 34.3 Å². The van der Waals surface area contributed by atoms with Crippen LogP contribution in [-0.2, 0) is 10.3 Å². The molecular formula is C29H48ClN3O3. The number of hydrogen-bond donors (Lipinski definition) is 3. The van der Waals surface area contributed by atoms with Gasteiger partial charge in [-0.15, -0.1) is 0 Å². The van der Waals surface area contributed by atoms with Gasteiger partial charge in [0.25, 0.3) is 0 Å². The summed E-state index contributed by atoms with van der Waals surface area (Å²) in [4.78, 5) is 15.4. The molecule has 2 aliphatic rings. The zero-order chi connectivity index (χ0) is 26.0. The molecule has 0 radical (unpaired) electrons. The molecule has 3 rings (SSSR count). The highest BCUT2D eigenvalue weighted by Crippen LogP contribution is 2.42. The first-order valence-corrected chi connectivity index (χ1v) is 14.4. The Bertz CT molecular complexity index is 817. The third-order valence-electron chi connectivity index (χ3n) is 8.40. The molecule has 1 saturated carbocycles. The molecule has 1 aliphatic carbocycles. The van der Waals surface area contributed by atoms with Crippen LogP contribution in [0.25, 0.3) is 0 Å². The highest BCUT2D eigenvalue weighted by molar-refractivity contribution is 6.31. The number of benzene rings is 1. The van der Waals surface area contributed by atoms with E-state index in [1.807, 2.05) is 37.1 Å². The highest BCUT2D eigenvalue weighted by atomic mass is 35.5. The third kappa shape index (κ3) is 7.83. The van der Waals surface area contributed by atoms with Crippen LogP contribution in [0.1, 0.15) is 81.8 Å². The molecule has 7 heteroatoms. The largest absolute Gasteiger partial charge is 0.385 e. The molecule has 2 fully saturated rings. The number of aliphatic hydroxyl groups is 1. The van der Waals surface area contributed by atoms with Crippen molar-refractivity contribution in [2.45, 2.75) is 89.2 Å². The number of carbonyl (C=O) groups excluding carboxylic acids is 1. The molecule has 1 unspecified atom stereocenters. The number of hydrogen-bond acceptors (Lipinski definition) is 4. The first kappa shape index (κ1) is 29.2. The Morgan fingerprint density at radius 1 is 1.22 bits per heavy atom. The molecule has 0 aromatic heterocycles. The number of nitrogens with one attached hydrogen (secondary N) is 2. The number of likely N-dealkylation sites (N-methyl/N-ethyl adjacent to an activating group) is 1. The van der Waals surface area contributed by atoms with Crippen molar-refractivity contribution in [2.75, 3.05) is 40.4 Å². The lowest BCUT2D eigenvalue weighted by Gasteiger charge is -2.44. The number of piperidine rings is 1. The van der Waals surface area contributed by atoms with Gasteiger partial charge >= 0.3 is 6.03 Å². The second-order valence-corrected chi connectivity index (χ2v) is 11.4. The van der Waals surface area contributed by atoms with Crippen LogP contribution in [0.3, 0.4) is 0 Å². The van der Waals surface area contributed by atoms with Crippen molar-refractivity contribution in [3.63, 3.8) is 0 Å². The second kappa shape index (κ2) is 14.6. The summed E-state index contributed by atoms with van der Waals surface area (Å²) in [5, 5.41) is 19.5. The maximum absolute atomic E-state index is 13.4. The molecule has 1 heterocycles. The van der Waals surface area contributed by atoms with Gasteiger partial charge in [-0.1, -0.05) is 55.8 Å². The molecule has 1 saturated heterocycles. The summed E-state index contributed by atoms with van der Waals surface area (Å²) in [5.74, 6) is 0.660. The van der Waals surface area contributed by atoms with Crippen molar-refractivity contribution in [1.82, 2.24) is 15.5 Å². The molecule has 3 atom stereocenters. The van der Waals surface area contributed by atoms with Gasteiger partial charge in [0.05, 0.1) is 5.60 Å². The second-order valence-electron chi connectivity index (χ2n) is 11.0. The number of urea groups is 1. The summed E-state index contributed by atoms with van der Waals surface area (Å²) in [6.07, 6.45) is 11.7. The topological polar surface area (TPSA) is 73.8 Å². The van der Waals surface area contributed by atoms with Crippen LogP contribution in [0.15, 0.2) is 18.2 Å². The number of halogens is 1. The summed E-state index contributed by atoms with van der Waals surface area (Å²) in [6.45, 7) is 4.72. The van der Waals surface area contributed by atoms with Crippen molar-refractivity contribution < 1.29 is 14.6 Å². The van der Waals surface area contributed by atoms with Crippen LogP contribution >= 0.6 is 11.6 Å². The Morgan fingerprint density at radius 3 is 2.72 bits per heavy atom.